The van der Waals surface area contributed by atoms with E-state index in [1.54, 1.807) is 0 Å². The largest absolute Gasteiger partial charge is 1.00 e. The Morgan fingerprint density at radius 2 is 1.12 bits per heavy atom. The summed E-state index contributed by atoms with van der Waals surface area (Å²) in [6, 6.07) is 33.8. The highest BCUT2D eigenvalue weighted by Crippen LogP contribution is 2.27. The summed E-state index contributed by atoms with van der Waals surface area (Å²) >= 11 is 0. The van der Waals surface area contributed by atoms with E-state index >= 15 is 0 Å². The van der Waals surface area contributed by atoms with Crippen LogP contribution in [0.1, 0.15) is 17.0 Å². The zero-order valence-electron chi connectivity index (χ0n) is 24.5. The molecular formula is C34H36Cl2N6. The van der Waals surface area contributed by atoms with Crippen LogP contribution in [0.2, 0.25) is 0 Å². The van der Waals surface area contributed by atoms with Crippen molar-refractivity contribution >= 4 is 36.2 Å². The highest BCUT2D eigenvalue weighted by Gasteiger charge is 2.13. The van der Waals surface area contributed by atoms with E-state index in [0.717, 1.165) is 39.5 Å². The van der Waals surface area contributed by atoms with E-state index in [4.69, 9.17) is 10.2 Å². The van der Waals surface area contributed by atoms with Crippen LogP contribution in [-0.2, 0) is 0 Å². The zero-order valence-corrected chi connectivity index (χ0v) is 26.1. The van der Waals surface area contributed by atoms with E-state index in [-0.39, 0.29) is 24.8 Å². The Labute approximate surface area is 261 Å². The lowest BCUT2D eigenvalue weighted by atomic mass is 10.0. The standard InChI is InChI=1S/C34H35N6.2ClH/c1-26-39(35-24-31-22-29(16-18-33(31)37(2)3)27-12-8-6-9-13-27)20-21-40(26)36-25-32-23-30(17-19-34(32)38(4)5)28-14-10-7-11-15-28;;/h6-25H,1-5H3;2*1H/q+1;;/p-1. The van der Waals surface area contributed by atoms with Crippen LogP contribution in [0.3, 0.4) is 0 Å². The molecule has 0 atom stereocenters. The number of anilines is 2. The molecule has 0 aliphatic carbocycles. The minimum atomic E-state index is 0. The second-order valence-electron chi connectivity index (χ2n) is 10.1. The molecule has 0 aliphatic heterocycles. The summed E-state index contributed by atoms with van der Waals surface area (Å²) in [4.78, 5) is 4.21. The smallest absolute Gasteiger partial charge is 0.304 e. The Bertz CT molecular complexity index is 1540. The van der Waals surface area contributed by atoms with Crippen LogP contribution >= 0.6 is 12.4 Å². The maximum Gasteiger partial charge on any atom is 0.304 e. The molecule has 0 fully saturated rings. The molecule has 6 nitrogen and oxygen atoms in total. The topological polar surface area (TPSA) is 40.0 Å². The first-order valence-electron chi connectivity index (χ1n) is 13.3. The van der Waals surface area contributed by atoms with Crippen LogP contribution in [0.4, 0.5) is 11.4 Å². The van der Waals surface area contributed by atoms with Gasteiger partial charge in [-0.15, -0.1) is 21.8 Å². The van der Waals surface area contributed by atoms with Crippen molar-refractivity contribution in [2.24, 2.45) is 10.2 Å². The van der Waals surface area contributed by atoms with Crippen molar-refractivity contribution in [3.05, 3.63) is 126 Å². The maximum absolute atomic E-state index is 4.79. The predicted molar refractivity (Wildman–Crippen MR) is 175 cm³/mol. The fraction of sp³-hybridized carbons (Fsp3) is 0.147. The first-order valence-corrected chi connectivity index (χ1v) is 13.3. The summed E-state index contributed by atoms with van der Waals surface area (Å²) in [5.41, 5.74) is 8.98. The normalized spacial score (nSPS) is 10.9. The van der Waals surface area contributed by atoms with Crippen molar-refractivity contribution in [1.29, 1.82) is 0 Å². The van der Waals surface area contributed by atoms with E-state index in [1.807, 2.05) is 81.4 Å². The molecule has 1 heterocycles. The summed E-state index contributed by atoms with van der Waals surface area (Å²) in [6.45, 7) is 2.01. The molecule has 0 aliphatic rings. The number of hydrogen-bond donors (Lipinski definition) is 0. The van der Waals surface area contributed by atoms with Gasteiger partial charge >= 0.3 is 5.82 Å². The molecule has 8 heteroatoms. The minimum absolute atomic E-state index is 0. The van der Waals surface area contributed by atoms with Crippen molar-refractivity contribution < 1.29 is 17.1 Å². The number of aromatic nitrogens is 2. The van der Waals surface area contributed by atoms with Crippen molar-refractivity contribution in [2.45, 2.75) is 6.92 Å². The van der Waals surface area contributed by atoms with Crippen molar-refractivity contribution in [2.75, 3.05) is 38.0 Å². The lowest BCUT2D eigenvalue weighted by Crippen LogP contribution is -3.00. The molecule has 0 bridgehead atoms. The van der Waals surface area contributed by atoms with E-state index in [9.17, 15) is 0 Å². The highest BCUT2D eigenvalue weighted by atomic mass is 35.5. The quantitative estimate of drug-likeness (QED) is 0.202. The van der Waals surface area contributed by atoms with E-state index in [2.05, 4.69) is 94.7 Å². The Morgan fingerprint density at radius 1 is 0.643 bits per heavy atom. The second kappa shape index (κ2) is 14.5. The molecule has 0 spiro atoms. The molecule has 0 saturated carbocycles. The average molecular weight is 600 g/mol. The first kappa shape index (κ1) is 32.1. The fourth-order valence-corrected chi connectivity index (χ4v) is 4.69. The van der Waals surface area contributed by atoms with Gasteiger partial charge in [0.05, 0.1) is 12.4 Å². The SMILES string of the molecule is Cc1n(N=Cc2cc(-c3ccccc3)ccc2N(C)C)cc[n+]1N=Cc1cc(-c2ccccc2)ccc1N(C)C.Cl.[Cl-]. The Morgan fingerprint density at radius 3 is 1.60 bits per heavy atom. The van der Waals surface area contributed by atoms with Crippen molar-refractivity contribution in [3.8, 4) is 22.3 Å². The molecule has 0 saturated heterocycles. The van der Waals surface area contributed by atoms with Gasteiger partial charge in [0.1, 0.15) is 0 Å². The van der Waals surface area contributed by atoms with Crippen LogP contribution in [0, 0.1) is 6.92 Å². The predicted octanol–water partition coefficient (Wildman–Crippen LogP) is 3.74. The molecule has 1 aromatic heterocycles. The third-order valence-electron chi connectivity index (χ3n) is 6.89. The second-order valence-corrected chi connectivity index (χ2v) is 10.1. The molecule has 0 radical (unpaired) electrons. The lowest BCUT2D eigenvalue weighted by molar-refractivity contribution is -0.684. The summed E-state index contributed by atoms with van der Waals surface area (Å²) in [5, 5.41) is 9.58. The lowest BCUT2D eigenvalue weighted by Gasteiger charge is -2.16. The minimum Gasteiger partial charge on any atom is -1.00 e. The summed E-state index contributed by atoms with van der Waals surface area (Å²) in [6.07, 6.45) is 7.67. The van der Waals surface area contributed by atoms with E-state index in [1.165, 1.54) is 11.1 Å². The van der Waals surface area contributed by atoms with Crippen LogP contribution in [0.15, 0.2) is 120 Å². The summed E-state index contributed by atoms with van der Waals surface area (Å²) in [7, 11) is 8.20. The number of rotatable bonds is 8. The maximum atomic E-state index is 4.79. The molecule has 216 valence electrons. The van der Waals surface area contributed by atoms with Gasteiger partial charge in [0.25, 0.3) is 0 Å². The van der Waals surface area contributed by atoms with Gasteiger partial charge in [-0.05, 0) is 46.5 Å². The fourth-order valence-electron chi connectivity index (χ4n) is 4.69. The Balaban J connectivity index is 0.00000242. The van der Waals surface area contributed by atoms with Gasteiger partial charge in [-0.1, -0.05) is 83.0 Å². The van der Waals surface area contributed by atoms with Gasteiger partial charge in [0.15, 0.2) is 12.4 Å². The Kier molecular flexibility index (Phi) is 11.1. The van der Waals surface area contributed by atoms with Crippen LogP contribution in [0.25, 0.3) is 22.3 Å². The number of benzene rings is 4. The third-order valence-corrected chi connectivity index (χ3v) is 6.89. The van der Waals surface area contributed by atoms with Gasteiger partial charge in [0.2, 0.25) is 0 Å². The summed E-state index contributed by atoms with van der Waals surface area (Å²) in [5.74, 6) is 0.892. The summed E-state index contributed by atoms with van der Waals surface area (Å²) < 4.78 is 3.69. The molecule has 0 unspecified atom stereocenters. The van der Waals surface area contributed by atoms with E-state index < -0.39 is 0 Å². The van der Waals surface area contributed by atoms with E-state index in [0.29, 0.717) is 0 Å². The number of nitrogens with zero attached hydrogens (tertiary/aromatic N) is 6. The van der Waals surface area contributed by atoms with Crippen LogP contribution in [0.5, 0.6) is 0 Å². The molecule has 4 aromatic carbocycles. The van der Waals surface area contributed by atoms with Gasteiger partial charge in [-0.3, -0.25) is 0 Å². The average Bonchev–Trinajstić information content (AvgIpc) is 3.34. The highest BCUT2D eigenvalue weighted by molar-refractivity contribution is 5.91. The van der Waals surface area contributed by atoms with Crippen LogP contribution in [-0.4, -0.2) is 45.3 Å². The van der Waals surface area contributed by atoms with Gasteiger partial charge in [-0.25, -0.2) is 0 Å². The van der Waals surface area contributed by atoms with Gasteiger partial charge < -0.3 is 22.2 Å². The van der Waals surface area contributed by atoms with Crippen LogP contribution < -0.4 is 26.9 Å². The van der Waals surface area contributed by atoms with Gasteiger partial charge in [-0.2, -0.15) is 0 Å². The Hall–Kier alpha value is -4.39. The first-order chi connectivity index (χ1) is 19.4. The number of hydrogen-bond acceptors (Lipinski definition) is 4. The molecule has 5 aromatic rings. The molecule has 0 amide bonds. The van der Waals surface area contributed by atoms with Gasteiger partial charge in [0, 0.05) is 57.6 Å². The van der Waals surface area contributed by atoms with Crippen molar-refractivity contribution in [3.63, 3.8) is 0 Å². The zero-order chi connectivity index (χ0) is 28.1. The molecule has 5 rings (SSSR count). The number of halogens is 2. The molecule has 0 N–H and O–H groups in total. The molecular weight excluding hydrogens is 563 g/mol. The third kappa shape index (κ3) is 7.27. The van der Waals surface area contributed by atoms with Crippen molar-refractivity contribution in [1.82, 2.24) is 4.68 Å². The number of imidazole rings is 1. The monoisotopic (exact) mass is 598 g/mol. The molecule has 42 heavy (non-hydrogen) atoms.